The third-order valence-corrected chi connectivity index (χ3v) is 3.98. The van der Waals surface area contributed by atoms with E-state index in [9.17, 15) is 4.79 Å². The number of hydrogen-bond acceptors (Lipinski definition) is 5. The van der Waals surface area contributed by atoms with Crippen LogP contribution in [0.2, 0.25) is 0 Å². The molecule has 1 amide bonds. The highest BCUT2D eigenvalue weighted by Gasteiger charge is 2.06. The van der Waals surface area contributed by atoms with Gasteiger partial charge in [0, 0.05) is 43.9 Å². The van der Waals surface area contributed by atoms with E-state index in [-0.39, 0.29) is 5.91 Å². The van der Waals surface area contributed by atoms with Crippen molar-refractivity contribution in [1.82, 2.24) is 10.6 Å². The van der Waals surface area contributed by atoms with Gasteiger partial charge in [-0.25, -0.2) is 0 Å². The highest BCUT2D eigenvalue weighted by molar-refractivity contribution is 5.88. The molecule has 0 aliphatic rings. The molecule has 0 fully saturated rings. The predicted octanol–water partition coefficient (Wildman–Crippen LogP) is 2.41. The summed E-state index contributed by atoms with van der Waals surface area (Å²) in [4.78, 5) is 15.3. The summed E-state index contributed by atoms with van der Waals surface area (Å²) in [6.07, 6.45) is 0. The average Bonchev–Trinajstić information content (AvgIpc) is 2.73. The maximum absolute atomic E-state index is 11.1. The van der Waals surface area contributed by atoms with Gasteiger partial charge in [-0.2, -0.15) is 0 Å². The minimum Gasteiger partial charge on any atom is -0.497 e. The van der Waals surface area contributed by atoms with Crippen molar-refractivity contribution >= 4 is 17.6 Å². The van der Waals surface area contributed by atoms with Crippen LogP contribution in [0, 0.1) is 0 Å². The molecule has 156 valence electrons. The summed E-state index contributed by atoms with van der Waals surface area (Å²) < 4.78 is 16.3. The van der Waals surface area contributed by atoms with Crippen LogP contribution >= 0.6 is 0 Å². The summed E-state index contributed by atoms with van der Waals surface area (Å²) in [6, 6.07) is 12.9. The molecule has 0 aliphatic heterocycles. The number of hydrogen-bond donors (Lipinski definition) is 3. The molecule has 0 spiro atoms. The summed E-state index contributed by atoms with van der Waals surface area (Å²) >= 11 is 0. The lowest BCUT2D eigenvalue weighted by molar-refractivity contribution is -0.114. The van der Waals surface area contributed by atoms with Crippen molar-refractivity contribution in [3.63, 3.8) is 0 Å². The number of anilines is 1. The molecule has 0 saturated carbocycles. The van der Waals surface area contributed by atoms with E-state index in [0.717, 1.165) is 17.1 Å². The Morgan fingerprint density at radius 1 is 1.03 bits per heavy atom. The number of ether oxygens (including phenoxy) is 3. The number of guanidine groups is 1. The van der Waals surface area contributed by atoms with E-state index in [1.165, 1.54) is 6.92 Å². The van der Waals surface area contributed by atoms with Gasteiger partial charge in [-0.1, -0.05) is 6.07 Å². The van der Waals surface area contributed by atoms with Gasteiger partial charge >= 0.3 is 0 Å². The first-order valence-corrected chi connectivity index (χ1v) is 9.21. The van der Waals surface area contributed by atoms with Gasteiger partial charge in [-0.15, -0.1) is 0 Å². The van der Waals surface area contributed by atoms with E-state index in [0.29, 0.717) is 37.1 Å². The second kappa shape index (κ2) is 11.4. The number of carbonyl (C=O) groups is 1. The molecule has 0 aliphatic carbocycles. The maximum Gasteiger partial charge on any atom is 0.221 e. The normalized spacial score (nSPS) is 10.8. The van der Waals surface area contributed by atoms with Crippen molar-refractivity contribution in [2.75, 3.05) is 39.7 Å². The first-order valence-electron chi connectivity index (χ1n) is 9.21. The highest BCUT2D eigenvalue weighted by atomic mass is 16.5. The van der Waals surface area contributed by atoms with Gasteiger partial charge in [0.2, 0.25) is 5.91 Å². The number of carbonyl (C=O) groups excluding carboxylic acids is 1. The molecular weight excluding hydrogens is 372 g/mol. The number of benzene rings is 2. The zero-order valence-electron chi connectivity index (χ0n) is 17.2. The average molecular weight is 400 g/mol. The number of rotatable bonds is 9. The van der Waals surface area contributed by atoms with Gasteiger partial charge in [0.05, 0.1) is 20.8 Å². The lowest BCUT2D eigenvalue weighted by Gasteiger charge is -2.15. The Morgan fingerprint density at radius 3 is 2.55 bits per heavy atom. The van der Waals surface area contributed by atoms with Crippen LogP contribution in [-0.4, -0.2) is 46.3 Å². The van der Waals surface area contributed by atoms with Crippen LogP contribution in [0.5, 0.6) is 17.2 Å². The molecule has 8 nitrogen and oxygen atoms in total. The molecule has 0 saturated heterocycles. The summed E-state index contributed by atoms with van der Waals surface area (Å²) in [5, 5.41) is 9.17. The quantitative estimate of drug-likeness (QED) is 0.340. The number of amides is 1. The molecule has 0 aromatic heterocycles. The zero-order valence-corrected chi connectivity index (χ0v) is 17.2. The SMILES string of the molecule is CN=C(NCCOc1cccc(NC(C)=O)c1)NCc1ccc(OC)cc1OC. The van der Waals surface area contributed by atoms with E-state index in [1.807, 2.05) is 36.4 Å². The van der Waals surface area contributed by atoms with Crippen LogP contribution in [0.1, 0.15) is 12.5 Å². The molecule has 0 atom stereocenters. The standard InChI is InChI=1S/C21H28N4O4/c1-15(26)25-17-6-5-7-19(12-17)29-11-10-23-21(22-2)24-14-16-8-9-18(27-3)13-20(16)28-4/h5-9,12-13H,10-11,14H2,1-4H3,(H,25,26)(H2,22,23,24). The summed E-state index contributed by atoms with van der Waals surface area (Å²) in [6.45, 7) is 3.02. The first-order chi connectivity index (χ1) is 14.0. The van der Waals surface area contributed by atoms with Gasteiger partial charge in [-0.3, -0.25) is 9.79 Å². The van der Waals surface area contributed by atoms with E-state index < -0.39 is 0 Å². The summed E-state index contributed by atoms with van der Waals surface area (Å²) in [5.74, 6) is 2.71. The molecular formula is C21H28N4O4. The molecule has 2 rings (SSSR count). The lowest BCUT2D eigenvalue weighted by Crippen LogP contribution is -2.38. The van der Waals surface area contributed by atoms with Crippen molar-refractivity contribution in [3.8, 4) is 17.2 Å². The van der Waals surface area contributed by atoms with Crippen molar-refractivity contribution in [1.29, 1.82) is 0 Å². The van der Waals surface area contributed by atoms with Crippen molar-refractivity contribution in [2.45, 2.75) is 13.5 Å². The molecule has 0 bridgehead atoms. The van der Waals surface area contributed by atoms with Crippen molar-refractivity contribution < 1.29 is 19.0 Å². The Balaban J connectivity index is 1.79. The van der Waals surface area contributed by atoms with E-state index in [1.54, 1.807) is 27.3 Å². The third kappa shape index (κ3) is 7.25. The van der Waals surface area contributed by atoms with Crippen molar-refractivity contribution in [2.24, 2.45) is 4.99 Å². The fourth-order valence-electron chi connectivity index (χ4n) is 2.60. The minimum atomic E-state index is -0.118. The fraction of sp³-hybridized carbons (Fsp3) is 0.333. The van der Waals surface area contributed by atoms with Crippen LogP contribution in [0.15, 0.2) is 47.5 Å². The van der Waals surface area contributed by atoms with Crippen LogP contribution < -0.4 is 30.2 Å². The lowest BCUT2D eigenvalue weighted by atomic mass is 10.2. The second-order valence-corrected chi connectivity index (χ2v) is 6.09. The van der Waals surface area contributed by atoms with Crippen LogP contribution in [0.4, 0.5) is 5.69 Å². The Hall–Kier alpha value is -3.42. The summed E-state index contributed by atoms with van der Waals surface area (Å²) in [7, 11) is 4.96. The molecule has 2 aromatic carbocycles. The molecule has 0 radical (unpaired) electrons. The molecule has 8 heteroatoms. The fourth-order valence-corrected chi connectivity index (χ4v) is 2.60. The van der Waals surface area contributed by atoms with Gasteiger partial charge in [0.1, 0.15) is 23.9 Å². The van der Waals surface area contributed by atoms with E-state index in [4.69, 9.17) is 14.2 Å². The number of nitrogens with zero attached hydrogens (tertiary/aromatic N) is 1. The topological polar surface area (TPSA) is 93.2 Å². The Bertz CT molecular complexity index is 839. The zero-order chi connectivity index (χ0) is 21.1. The van der Waals surface area contributed by atoms with Gasteiger partial charge in [0.15, 0.2) is 5.96 Å². The Morgan fingerprint density at radius 2 is 1.86 bits per heavy atom. The van der Waals surface area contributed by atoms with Crippen molar-refractivity contribution in [3.05, 3.63) is 48.0 Å². The number of aliphatic imine (C=N–C) groups is 1. The van der Waals surface area contributed by atoms with Gasteiger partial charge in [0.25, 0.3) is 0 Å². The molecule has 2 aromatic rings. The first kappa shape index (κ1) is 21.9. The summed E-state index contributed by atoms with van der Waals surface area (Å²) in [5.41, 5.74) is 1.69. The largest absolute Gasteiger partial charge is 0.497 e. The molecule has 29 heavy (non-hydrogen) atoms. The molecule has 3 N–H and O–H groups in total. The smallest absolute Gasteiger partial charge is 0.221 e. The van der Waals surface area contributed by atoms with Crippen LogP contribution in [0.3, 0.4) is 0 Å². The highest BCUT2D eigenvalue weighted by Crippen LogP contribution is 2.24. The second-order valence-electron chi connectivity index (χ2n) is 6.09. The monoisotopic (exact) mass is 400 g/mol. The van der Waals surface area contributed by atoms with Gasteiger partial charge < -0.3 is 30.2 Å². The van der Waals surface area contributed by atoms with Crippen LogP contribution in [-0.2, 0) is 11.3 Å². The molecule has 0 unspecified atom stereocenters. The predicted molar refractivity (Wildman–Crippen MR) is 114 cm³/mol. The van der Waals surface area contributed by atoms with Gasteiger partial charge in [-0.05, 0) is 24.3 Å². The number of nitrogens with one attached hydrogen (secondary N) is 3. The van der Waals surface area contributed by atoms with E-state index >= 15 is 0 Å². The number of methoxy groups -OCH3 is 2. The Kier molecular flexibility index (Phi) is 8.62. The minimum absolute atomic E-state index is 0.118. The Labute approximate surface area is 171 Å². The van der Waals surface area contributed by atoms with Crippen LogP contribution in [0.25, 0.3) is 0 Å². The third-order valence-electron chi connectivity index (χ3n) is 3.98. The maximum atomic E-state index is 11.1. The van der Waals surface area contributed by atoms with E-state index in [2.05, 4.69) is 20.9 Å². The molecule has 0 heterocycles.